The average Bonchev–Trinajstić information content (AvgIpc) is 3.22. The number of nitrogens with one attached hydrogen (secondary N) is 1. The molecule has 0 bridgehead atoms. The van der Waals surface area contributed by atoms with Crippen molar-refractivity contribution in [3.8, 4) is 5.75 Å². The van der Waals surface area contributed by atoms with Gasteiger partial charge in [-0.05, 0) is 37.6 Å². The van der Waals surface area contributed by atoms with Crippen LogP contribution in [0.2, 0.25) is 0 Å². The number of phenolic OH excluding ortho intramolecular Hbond substituents is 1. The molecule has 1 aromatic heterocycles. The van der Waals surface area contributed by atoms with Crippen molar-refractivity contribution in [2.45, 2.75) is 38.4 Å². The maximum atomic E-state index is 12.7. The van der Waals surface area contributed by atoms with E-state index in [-0.39, 0.29) is 17.7 Å². The van der Waals surface area contributed by atoms with Gasteiger partial charge in [-0.25, -0.2) is 0 Å². The van der Waals surface area contributed by atoms with Crippen molar-refractivity contribution in [2.75, 3.05) is 6.54 Å². The Morgan fingerprint density at radius 3 is 2.83 bits per heavy atom. The van der Waals surface area contributed by atoms with Crippen molar-refractivity contribution >= 4 is 5.91 Å². The topological polar surface area (TPSA) is 65.7 Å². The smallest absolute Gasteiger partial charge is 0.224 e. The van der Waals surface area contributed by atoms with Crippen molar-refractivity contribution in [1.29, 1.82) is 0 Å². The van der Waals surface area contributed by atoms with Crippen molar-refractivity contribution in [2.24, 2.45) is 0 Å². The zero-order valence-corrected chi connectivity index (χ0v) is 13.1. The fourth-order valence-electron chi connectivity index (χ4n) is 2.94. The second-order valence-corrected chi connectivity index (χ2v) is 5.96. The molecule has 1 fully saturated rings. The molecule has 2 heterocycles. The van der Waals surface area contributed by atoms with Gasteiger partial charge in [-0.3, -0.25) is 4.79 Å². The Morgan fingerprint density at radius 2 is 2.13 bits per heavy atom. The molecule has 23 heavy (non-hydrogen) atoms. The maximum absolute atomic E-state index is 12.7. The summed E-state index contributed by atoms with van der Waals surface area (Å²) in [7, 11) is 0. The number of nitrogens with zero attached hydrogens (tertiary/aromatic N) is 1. The van der Waals surface area contributed by atoms with Crippen LogP contribution in [0.5, 0.6) is 5.75 Å². The van der Waals surface area contributed by atoms with E-state index in [0.717, 1.165) is 30.7 Å². The molecule has 5 heteroatoms. The van der Waals surface area contributed by atoms with Crippen LogP contribution in [0.25, 0.3) is 0 Å². The van der Waals surface area contributed by atoms with E-state index in [0.29, 0.717) is 19.5 Å². The van der Waals surface area contributed by atoms with Crippen LogP contribution in [-0.2, 0) is 17.9 Å². The summed E-state index contributed by atoms with van der Waals surface area (Å²) in [6, 6.07) is 11.1. The number of phenols is 1. The Morgan fingerprint density at radius 1 is 1.26 bits per heavy atom. The van der Waals surface area contributed by atoms with Gasteiger partial charge >= 0.3 is 0 Å². The van der Waals surface area contributed by atoms with E-state index >= 15 is 0 Å². The second kappa shape index (κ2) is 7.33. The molecule has 1 atom stereocenters. The summed E-state index contributed by atoms with van der Waals surface area (Å²) in [5, 5.41) is 13.3. The van der Waals surface area contributed by atoms with E-state index in [9.17, 15) is 9.90 Å². The monoisotopic (exact) mass is 314 g/mol. The molecule has 1 saturated heterocycles. The molecule has 1 aromatic carbocycles. The molecule has 5 nitrogen and oxygen atoms in total. The van der Waals surface area contributed by atoms with Gasteiger partial charge in [-0.2, -0.15) is 0 Å². The van der Waals surface area contributed by atoms with Crippen LogP contribution in [0.3, 0.4) is 0 Å². The first-order valence-corrected chi connectivity index (χ1v) is 8.03. The highest BCUT2D eigenvalue weighted by Crippen LogP contribution is 2.21. The highest BCUT2D eigenvalue weighted by molar-refractivity contribution is 5.77. The summed E-state index contributed by atoms with van der Waals surface area (Å²) < 4.78 is 5.38. The van der Waals surface area contributed by atoms with Crippen LogP contribution in [0, 0.1) is 0 Å². The van der Waals surface area contributed by atoms with Crippen molar-refractivity contribution < 1.29 is 14.3 Å². The van der Waals surface area contributed by atoms with Crippen LogP contribution >= 0.6 is 0 Å². The Hall–Kier alpha value is -2.27. The average molecular weight is 314 g/mol. The van der Waals surface area contributed by atoms with Crippen LogP contribution in [0.15, 0.2) is 47.1 Å². The van der Waals surface area contributed by atoms with Gasteiger partial charge < -0.3 is 19.7 Å². The summed E-state index contributed by atoms with van der Waals surface area (Å²) in [4.78, 5) is 14.4. The van der Waals surface area contributed by atoms with Crippen LogP contribution in [0.1, 0.15) is 30.6 Å². The lowest BCUT2D eigenvalue weighted by Gasteiger charge is -2.24. The lowest BCUT2D eigenvalue weighted by Crippen LogP contribution is -2.35. The number of benzene rings is 1. The number of hydrogen-bond acceptors (Lipinski definition) is 4. The van der Waals surface area contributed by atoms with E-state index in [1.54, 1.807) is 23.3 Å². The number of carbonyl (C=O) groups is 1. The van der Waals surface area contributed by atoms with E-state index in [1.807, 2.05) is 24.3 Å². The SMILES string of the molecule is O=C(C[C@@H]1CCCN1)N(Cc1ccco1)Cc1ccccc1O. The number of furan rings is 1. The number of hydrogen-bond donors (Lipinski definition) is 2. The van der Waals surface area contributed by atoms with Gasteiger partial charge in [0.25, 0.3) is 0 Å². The van der Waals surface area contributed by atoms with Crippen molar-refractivity contribution in [3.05, 3.63) is 54.0 Å². The molecule has 1 aliphatic heterocycles. The fraction of sp³-hybridized carbons (Fsp3) is 0.389. The molecule has 0 saturated carbocycles. The third-order valence-corrected chi connectivity index (χ3v) is 4.22. The quantitative estimate of drug-likeness (QED) is 0.860. The third-order valence-electron chi connectivity index (χ3n) is 4.22. The number of rotatable bonds is 6. The van der Waals surface area contributed by atoms with Gasteiger partial charge in [0.1, 0.15) is 11.5 Å². The van der Waals surface area contributed by atoms with Crippen LogP contribution in [-0.4, -0.2) is 28.5 Å². The summed E-state index contributed by atoms with van der Waals surface area (Å²) in [6.45, 7) is 1.77. The molecular weight excluding hydrogens is 292 g/mol. The largest absolute Gasteiger partial charge is 0.508 e. The van der Waals surface area contributed by atoms with Gasteiger partial charge in [0.2, 0.25) is 5.91 Å². The predicted octanol–water partition coefficient (Wildman–Crippen LogP) is 2.66. The summed E-state index contributed by atoms with van der Waals surface area (Å²) in [5.74, 6) is 1.03. The highest BCUT2D eigenvalue weighted by Gasteiger charge is 2.23. The van der Waals surface area contributed by atoms with Gasteiger partial charge in [-0.1, -0.05) is 18.2 Å². The molecule has 1 amide bonds. The molecule has 122 valence electrons. The lowest BCUT2D eigenvalue weighted by molar-refractivity contribution is -0.133. The number of carbonyl (C=O) groups excluding carboxylic acids is 1. The van der Waals surface area contributed by atoms with E-state index in [2.05, 4.69) is 5.32 Å². The third kappa shape index (κ3) is 4.13. The van der Waals surface area contributed by atoms with Gasteiger partial charge in [0.05, 0.1) is 12.8 Å². The molecule has 1 aliphatic rings. The molecule has 2 N–H and O–H groups in total. The molecule has 0 unspecified atom stereocenters. The normalized spacial score (nSPS) is 17.3. The van der Waals surface area contributed by atoms with Crippen LogP contribution in [0.4, 0.5) is 0 Å². The van der Waals surface area contributed by atoms with Crippen molar-refractivity contribution in [3.63, 3.8) is 0 Å². The summed E-state index contributed by atoms with van der Waals surface area (Å²) in [5.41, 5.74) is 0.742. The predicted molar refractivity (Wildman–Crippen MR) is 86.7 cm³/mol. The Kier molecular flexibility index (Phi) is 4.98. The zero-order valence-electron chi connectivity index (χ0n) is 13.1. The number of amides is 1. The van der Waals surface area contributed by atoms with Gasteiger partial charge in [0.15, 0.2) is 0 Å². The maximum Gasteiger partial charge on any atom is 0.224 e. The minimum Gasteiger partial charge on any atom is -0.508 e. The fourth-order valence-corrected chi connectivity index (χ4v) is 2.94. The summed E-state index contributed by atoms with van der Waals surface area (Å²) in [6.07, 6.45) is 4.25. The molecule has 0 radical (unpaired) electrons. The molecule has 3 rings (SSSR count). The first kappa shape index (κ1) is 15.6. The molecule has 0 spiro atoms. The Labute approximate surface area is 135 Å². The highest BCUT2D eigenvalue weighted by atomic mass is 16.3. The number of para-hydroxylation sites is 1. The lowest BCUT2D eigenvalue weighted by atomic mass is 10.1. The minimum atomic E-state index is 0.0732. The Bertz CT molecular complexity index is 633. The number of aromatic hydroxyl groups is 1. The van der Waals surface area contributed by atoms with E-state index < -0.39 is 0 Å². The first-order valence-electron chi connectivity index (χ1n) is 8.03. The molecule has 0 aliphatic carbocycles. The second-order valence-electron chi connectivity index (χ2n) is 5.96. The Balaban J connectivity index is 1.72. The van der Waals surface area contributed by atoms with Gasteiger partial charge in [0, 0.05) is 24.6 Å². The van der Waals surface area contributed by atoms with Gasteiger partial charge in [-0.15, -0.1) is 0 Å². The molecular formula is C18H22N2O3. The molecule has 2 aromatic rings. The van der Waals surface area contributed by atoms with Crippen LogP contribution < -0.4 is 5.32 Å². The van der Waals surface area contributed by atoms with E-state index in [1.165, 1.54) is 0 Å². The summed E-state index contributed by atoms with van der Waals surface area (Å²) >= 11 is 0. The minimum absolute atomic E-state index is 0.0732. The zero-order chi connectivity index (χ0) is 16.1. The standard InChI is InChI=1S/C18H22N2O3/c21-17-8-2-1-5-14(17)12-20(13-16-7-4-10-23-16)18(22)11-15-6-3-9-19-15/h1-2,4-5,7-8,10,15,19,21H,3,6,9,11-13H2/t15-/m0/s1. The van der Waals surface area contributed by atoms with E-state index in [4.69, 9.17) is 4.42 Å². The first-order chi connectivity index (χ1) is 11.2. The van der Waals surface area contributed by atoms with Crippen molar-refractivity contribution in [1.82, 2.24) is 10.2 Å².